The maximum absolute atomic E-state index is 5.32. The maximum Gasteiger partial charge on any atom is 0.191 e. The van der Waals surface area contributed by atoms with Crippen molar-refractivity contribution < 1.29 is 9.47 Å². The molecule has 0 bridgehead atoms. The van der Waals surface area contributed by atoms with Crippen LogP contribution >= 0.6 is 0 Å². The second-order valence-electron chi connectivity index (χ2n) is 5.11. The first kappa shape index (κ1) is 17.6. The molecule has 0 amide bonds. The van der Waals surface area contributed by atoms with Crippen LogP contribution in [0.5, 0.6) is 11.5 Å². The topological polar surface area (TPSA) is 67.8 Å². The van der Waals surface area contributed by atoms with Crippen LogP contribution < -0.4 is 20.1 Å². The van der Waals surface area contributed by atoms with Gasteiger partial charge in [0.1, 0.15) is 0 Å². The van der Waals surface area contributed by atoms with Crippen LogP contribution in [0, 0.1) is 0 Å². The molecule has 0 saturated heterocycles. The van der Waals surface area contributed by atoms with Gasteiger partial charge in [-0.1, -0.05) is 12.1 Å². The highest BCUT2D eigenvalue weighted by molar-refractivity contribution is 5.79. The van der Waals surface area contributed by atoms with Crippen molar-refractivity contribution in [3.8, 4) is 11.5 Å². The van der Waals surface area contributed by atoms with E-state index in [1.165, 1.54) is 0 Å². The Labute approximate surface area is 142 Å². The second-order valence-corrected chi connectivity index (χ2v) is 5.11. The molecule has 2 rings (SSSR count). The summed E-state index contributed by atoms with van der Waals surface area (Å²) in [5.74, 6) is 2.19. The molecule has 0 unspecified atom stereocenters. The van der Waals surface area contributed by atoms with Gasteiger partial charge in [0, 0.05) is 38.4 Å². The Morgan fingerprint density at radius 1 is 1.08 bits per heavy atom. The molecule has 1 aromatic carbocycles. The SMILES string of the molecule is CN=C(NCCc1ccccn1)NCc1ccc(OC)c(OC)c1. The van der Waals surface area contributed by atoms with Gasteiger partial charge in [0.2, 0.25) is 0 Å². The summed E-state index contributed by atoms with van der Waals surface area (Å²) in [4.78, 5) is 8.53. The van der Waals surface area contributed by atoms with E-state index in [-0.39, 0.29) is 0 Å². The fraction of sp³-hybridized carbons (Fsp3) is 0.333. The molecular formula is C18H24N4O2. The van der Waals surface area contributed by atoms with Crippen LogP contribution in [0.3, 0.4) is 0 Å². The number of hydrogen-bond donors (Lipinski definition) is 2. The van der Waals surface area contributed by atoms with Crippen molar-refractivity contribution in [1.29, 1.82) is 0 Å². The first-order valence-corrected chi connectivity index (χ1v) is 7.82. The number of aromatic nitrogens is 1. The number of ether oxygens (including phenoxy) is 2. The van der Waals surface area contributed by atoms with Gasteiger partial charge in [-0.05, 0) is 29.8 Å². The zero-order chi connectivity index (χ0) is 17.2. The third-order valence-electron chi connectivity index (χ3n) is 3.53. The number of pyridine rings is 1. The van der Waals surface area contributed by atoms with Crippen LogP contribution in [0.2, 0.25) is 0 Å². The first-order chi connectivity index (χ1) is 11.8. The Kier molecular flexibility index (Phi) is 6.89. The van der Waals surface area contributed by atoms with Gasteiger partial charge in [0.25, 0.3) is 0 Å². The maximum atomic E-state index is 5.32. The molecule has 0 fully saturated rings. The smallest absolute Gasteiger partial charge is 0.191 e. The molecule has 6 heteroatoms. The minimum absolute atomic E-state index is 0.642. The summed E-state index contributed by atoms with van der Waals surface area (Å²) >= 11 is 0. The molecule has 0 spiro atoms. The molecule has 1 heterocycles. The number of rotatable bonds is 7. The van der Waals surface area contributed by atoms with E-state index in [0.29, 0.717) is 6.54 Å². The Morgan fingerprint density at radius 2 is 1.92 bits per heavy atom. The average Bonchev–Trinajstić information content (AvgIpc) is 2.65. The molecule has 0 radical (unpaired) electrons. The monoisotopic (exact) mass is 328 g/mol. The molecule has 0 atom stereocenters. The summed E-state index contributed by atoms with van der Waals surface area (Å²) in [6.07, 6.45) is 2.65. The van der Waals surface area contributed by atoms with Gasteiger partial charge in [-0.2, -0.15) is 0 Å². The van der Waals surface area contributed by atoms with Crippen LogP contribution in [0.25, 0.3) is 0 Å². The predicted octanol–water partition coefficient (Wildman–Crippen LogP) is 2.01. The number of hydrogen-bond acceptors (Lipinski definition) is 4. The molecule has 0 saturated carbocycles. The summed E-state index contributed by atoms with van der Waals surface area (Å²) < 4.78 is 10.6. The molecule has 0 aliphatic heterocycles. The summed E-state index contributed by atoms with van der Waals surface area (Å²) in [6.45, 7) is 1.41. The standard InChI is InChI=1S/C18H24N4O2/c1-19-18(21-11-9-15-6-4-5-10-20-15)22-13-14-7-8-16(23-2)17(12-14)24-3/h4-8,10,12H,9,11,13H2,1-3H3,(H2,19,21,22). The molecule has 2 N–H and O–H groups in total. The largest absolute Gasteiger partial charge is 0.493 e. The highest BCUT2D eigenvalue weighted by Gasteiger charge is 2.05. The molecule has 0 aliphatic carbocycles. The van der Waals surface area contributed by atoms with E-state index >= 15 is 0 Å². The molecule has 24 heavy (non-hydrogen) atoms. The highest BCUT2D eigenvalue weighted by Crippen LogP contribution is 2.27. The number of aliphatic imine (C=N–C) groups is 1. The quantitative estimate of drug-likeness (QED) is 0.601. The fourth-order valence-corrected chi connectivity index (χ4v) is 2.25. The fourth-order valence-electron chi connectivity index (χ4n) is 2.25. The summed E-state index contributed by atoms with van der Waals surface area (Å²) in [7, 11) is 5.01. The molecule has 2 aromatic rings. The lowest BCUT2D eigenvalue weighted by Gasteiger charge is -2.13. The highest BCUT2D eigenvalue weighted by atomic mass is 16.5. The average molecular weight is 328 g/mol. The lowest BCUT2D eigenvalue weighted by molar-refractivity contribution is 0.354. The van der Waals surface area contributed by atoms with Crippen LogP contribution in [-0.2, 0) is 13.0 Å². The van der Waals surface area contributed by atoms with E-state index in [2.05, 4.69) is 20.6 Å². The predicted molar refractivity (Wildman–Crippen MR) is 95.7 cm³/mol. The van der Waals surface area contributed by atoms with Crippen LogP contribution in [0.1, 0.15) is 11.3 Å². The zero-order valence-corrected chi connectivity index (χ0v) is 14.4. The molecule has 1 aromatic heterocycles. The molecule has 0 aliphatic rings. The lowest BCUT2D eigenvalue weighted by Crippen LogP contribution is -2.37. The molecular weight excluding hydrogens is 304 g/mol. The Hall–Kier alpha value is -2.76. The van der Waals surface area contributed by atoms with Gasteiger partial charge in [0.05, 0.1) is 14.2 Å². The number of nitrogens with one attached hydrogen (secondary N) is 2. The third kappa shape index (κ3) is 5.15. The van der Waals surface area contributed by atoms with E-state index in [0.717, 1.165) is 41.7 Å². The summed E-state index contributed by atoms with van der Waals surface area (Å²) in [6, 6.07) is 11.8. The first-order valence-electron chi connectivity index (χ1n) is 7.82. The van der Waals surface area contributed by atoms with Gasteiger partial charge < -0.3 is 20.1 Å². The van der Waals surface area contributed by atoms with Crippen molar-refractivity contribution in [3.63, 3.8) is 0 Å². The number of guanidine groups is 1. The van der Waals surface area contributed by atoms with Gasteiger partial charge >= 0.3 is 0 Å². The number of nitrogens with zero attached hydrogens (tertiary/aromatic N) is 2. The third-order valence-corrected chi connectivity index (χ3v) is 3.53. The van der Waals surface area contributed by atoms with E-state index in [9.17, 15) is 0 Å². The Bertz CT molecular complexity index is 659. The van der Waals surface area contributed by atoms with Crippen molar-refractivity contribution in [2.75, 3.05) is 27.8 Å². The number of methoxy groups -OCH3 is 2. The van der Waals surface area contributed by atoms with Crippen LogP contribution in [0.4, 0.5) is 0 Å². The van der Waals surface area contributed by atoms with E-state index in [4.69, 9.17) is 9.47 Å². The van der Waals surface area contributed by atoms with Gasteiger partial charge in [-0.3, -0.25) is 9.98 Å². The van der Waals surface area contributed by atoms with Crippen molar-refractivity contribution >= 4 is 5.96 Å². The molecule has 6 nitrogen and oxygen atoms in total. The Morgan fingerprint density at radius 3 is 2.58 bits per heavy atom. The minimum atomic E-state index is 0.642. The van der Waals surface area contributed by atoms with Crippen molar-refractivity contribution in [3.05, 3.63) is 53.9 Å². The summed E-state index contributed by atoms with van der Waals surface area (Å²) in [5, 5.41) is 6.57. The van der Waals surface area contributed by atoms with Gasteiger partial charge in [0.15, 0.2) is 17.5 Å². The van der Waals surface area contributed by atoms with Crippen molar-refractivity contribution in [1.82, 2.24) is 15.6 Å². The number of benzene rings is 1. The van der Waals surface area contributed by atoms with Crippen molar-refractivity contribution in [2.45, 2.75) is 13.0 Å². The zero-order valence-electron chi connectivity index (χ0n) is 14.4. The van der Waals surface area contributed by atoms with Gasteiger partial charge in [-0.25, -0.2) is 0 Å². The van der Waals surface area contributed by atoms with E-state index in [1.54, 1.807) is 27.5 Å². The van der Waals surface area contributed by atoms with E-state index < -0.39 is 0 Å². The normalized spacial score (nSPS) is 11.0. The Balaban J connectivity index is 1.83. The second kappa shape index (κ2) is 9.39. The lowest BCUT2D eigenvalue weighted by atomic mass is 10.2. The summed E-state index contributed by atoms with van der Waals surface area (Å²) in [5.41, 5.74) is 2.14. The van der Waals surface area contributed by atoms with E-state index in [1.807, 2.05) is 36.4 Å². The van der Waals surface area contributed by atoms with Crippen LogP contribution in [0.15, 0.2) is 47.6 Å². The molecule has 128 valence electrons. The van der Waals surface area contributed by atoms with Gasteiger partial charge in [-0.15, -0.1) is 0 Å². The van der Waals surface area contributed by atoms with Crippen molar-refractivity contribution in [2.24, 2.45) is 4.99 Å². The van der Waals surface area contributed by atoms with Crippen LogP contribution in [-0.4, -0.2) is 38.8 Å². The minimum Gasteiger partial charge on any atom is -0.493 e.